The Morgan fingerprint density at radius 3 is 2.70 bits per heavy atom. The lowest BCUT2D eigenvalue weighted by Crippen LogP contribution is -2.26. The molecule has 2 aromatic rings. The second kappa shape index (κ2) is 6.22. The zero-order valence-electron chi connectivity index (χ0n) is 13.0. The second-order valence-corrected chi connectivity index (χ2v) is 7.56. The van der Waals surface area contributed by atoms with Crippen LogP contribution in [0.2, 0.25) is 0 Å². The molecule has 6 heteroatoms. The first-order chi connectivity index (χ1) is 10.9. The Labute approximate surface area is 136 Å². The lowest BCUT2D eigenvalue weighted by Gasteiger charge is -2.08. The smallest absolute Gasteiger partial charge is 0.240 e. The molecule has 0 amide bonds. The van der Waals surface area contributed by atoms with Gasteiger partial charge in [0.1, 0.15) is 11.9 Å². The highest BCUT2D eigenvalue weighted by molar-refractivity contribution is 7.89. The van der Waals surface area contributed by atoms with Gasteiger partial charge in [-0.3, -0.25) is 0 Å². The average Bonchev–Trinajstić information content (AvgIpc) is 2.88. The van der Waals surface area contributed by atoms with E-state index in [0.717, 1.165) is 23.3 Å². The molecule has 0 aliphatic carbocycles. The van der Waals surface area contributed by atoms with Crippen molar-refractivity contribution < 1.29 is 13.2 Å². The summed E-state index contributed by atoms with van der Waals surface area (Å²) in [6.07, 6.45) is 1.45. The number of hydrogen-bond acceptors (Lipinski definition) is 4. The van der Waals surface area contributed by atoms with Crippen LogP contribution in [0.4, 0.5) is 5.69 Å². The summed E-state index contributed by atoms with van der Waals surface area (Å²) in [5.41, 5.74) is 8.31. The van der Waals surface area contributed by atoms with Crippen molar-refractivity contribution in [2.45, 2.75) is 30.8 Å². The topological polar surface area (TPSA) is 81.4 Å². The van der Waals surface area contributed by atoms with Crippen molar-refractivity contribution in [1.29, 1.82) is 0 Å². The van der Waals surface area contributed by atoms with Crippen LogP contribution in [0, 0.1) is 0 Å². The highest BCUT2D eigenvalue weighted by Gasteiger charge is 2.22. The van der Waals surface area contributed by atoms with Crippen LogP contribution in [-0.2, 0) is 22.9 Å². The number of fused-ring (bicyclic) bond motifs is 1. The van der Waals surface area contributed by atoms with Gasteiger partial charge < -0.3 is 10.5 Å². The van der Waals surface area contributed by atoms with Crippen molar-refractivity contribution in [3.05, 3.63) is 53.6 Å². The van der Waals surface area contributed by atoms with Crippen molar-refractivity contribution in [3.63, 3.8) is 0 Å². The molecule has 0 spiro atoms. The number of ether oxygens (including phenoxy) is 1. The molecule has 1 heterocycles. The molecule has 0 saturated carbocycles. The zero-order valence-corrected chi connectivity index (χ0v) is 13.8. The third-order valence-corrected chi connectivity index (χ3v) is 5.32. The number of sulfonamides is 1. The van der Waals surface area contributed by atoms with Gasteiger partial charge in [0.15, 0.2) is 0 Å². The van der Waals surface area contributed by atoms with Crippen LogP contribution in [0.25, 0.3) is 0 Å². The summed E-state index contributed by atoms with van der Waals surface area (Å²) < 4.78 is 33.0. The minimum Gasteiger partial charge on any atom is -0.490 e. The predicted octanol–water partition coefficient (Wildman–Crippen LogP) is 2.11. The first kappa shape index (κ1) is 15.8. The van der Waals surface area contributed by atoms with E-state index in [1.54, 1.807) is 18.2 Å². The van der Waals surface area contributed by atoms with Crippen LogP contribution in [0.5, 0.6) is 5.75 Å². The Kier molecular flexibility index (Phi) is 4.28. The fraction of sp³-hybridized carbons (Fsp3) is 0.294. The summed E-state index contributed by atoms with van der Waals surface area (Å²) in [5, 5.41) is 0. The highest BCUT2D eigenvalue weighted by atomic mass is 32.2. The Bertz CT molecular complexity index is 801. The maximum Gasteiger partial charge on any atom is 0.240 e. The van der Waals surface area contributed by atoms with Crippen LogP contribution in [-0.4, -0.2) is 21.1 Å². The summed E-state index contributed by atoms with van der Waals surface area (Å²) in [7, 11) is -3.51. The van der Waals surface area contributed by atoms with E-state index in [-0.39, 0.29) is 11.0 Å². The third kappa shape index (κ3) is 3.65. The van der Waals surface area contributed by atoms with E-state index in [9.17, 15) is 8.42 Å². The average molecular weight is 332 g/mol. The summed E-state index contributed by atoms with van der Waals surface area (Å²) in [6, 6.07) is 12.4. The summed E-state index contributed by atoms with van der Waals surface area (Å²) >= 11 is 0. The SMILES string of the molecule is CC1Cc2cc(S(=O)(=O)NCCc3ccc(N)cc3)ccc2O1. The third-order valence-electron chi connectivity index (χ3n) is 3.86. The van der Waals surface area contributed by atoms with Crippen molar-refractivity contribution in [2.75, 3.05) is 12.3 Å². The van der Waals surface area contributed by atoms with Gasteiger partial charge in [0, 0.05) is 18.7 Å². The molecule has 23 heavy (non-hydrogen) atoms. The van der Waals surface area contributed by atoms with E-state index in [1.165, 1.54) is 0 Å². The van der Waals surface area contributed by atoms with E-state index < -0.39 is 10.0 Å². The van der Waals surface area contributed by atoms with E-state index >= 15 is 0 Å². The van der Waals surface area contributed by atoms with Crippen molar-refractivity contribution in [3.8, 4) is 5.75 Å². The number of nitrogens with one attached hydrogen (secondary N) is 1. The first-order valence-electron chi connectivity index (χ1n) is 7.58. The van der Waals surface area contributed by atoms with Crippen molar-refractivity contribution >= 4 is 15.7 Å². The molecule has 0 radical (unpaired) electrons. The fourth-order valence-corrected chi connectivity index (χ4v) is 3.74. The maximum atomic E-state index is 12.4. The van der Waals surface area contributed by atoms with Gasteiger partial charge in [-0.15, -0.1) is 0 Å². The van der Waals surface area contributed by atoms with Crippen molar-refractivity contribution in [1.82, 2.24) is 4.72 Å². The van der Waals surface area contributed by atoms with Crippen molar-refractivity contribution in [2.24, 2.45) is 0 Å². The number of rotatable bonds is 5. The van der Waals surface area contributed by atoms with Gasteiger partial charge in [-0.05, 0) is 54.8 Å². The van der Waals surface area contributed by atoms with Gasteiger partial charge in [0.05, 0.1) is 4.90 Å². The monoisotopic (exact) mass is 332 g/mol. The van der Waals surface area contributed by atoms with E-state index in [0.29, 0.717) is 18.7 Å². The molecular formula is C17H20N2O3S. The molecule has 0 fully saturated rings. The van der Waals surface area contributed by atoms with E-state index in [1.807, 2.05) is 31.2 Å². The lowest BCUT2D eigenvalue weighted by atomic mass is 10.1. The van der Waals surface area contributed by atoms with Gasteiger partial charge >= 0.3 is 0 Å². The molecular weight excluding hydrogens is 312 g/mol. The van der Waals surface area contributed by atoms with Crippen LogP contribution >= 0.6 is 0 Å². The summed E-state index contributed by atoms with van der Waals surface area (Å²) in [4.78, 5) is 0.284. The van der Waals surface area contributed by atoms with E-state index in [2.05, 4.69) is 4.72 Å². The van der Waals surface area contributed by atoms with Crippen LogP contribution < -0.4 is 15.2 Å². The lowest BCUT2D eigenvalue weighted by molar-refractivity contribution is 0.254. The molecule has 3 N–H and O–H groups in total. The second-order valence-electron chi connectivity index (χ2n) is 5.79. The standard InChI is InChI=1S/C17H20N2O3S/c1-12-10-14-11-16(6-7-17(14)22-12)23(20,21)19-9-8-13-2-4-15(18)5-3-13/h2-7,11-12,19H,8-10,18H2,1H3. The van der Waals surface area contributed by atoms with Gasteiger partial charge in [-0.25, -0.2) is 13.1 Å². The molecule has 1 aliphatic heterocycles. The molecule has 0 bridgehead atoms. The van der Waals surface area contributed by atoms with Gasteiger partial charge in [-0.1, -0.05) is 12.1 Å². The Morgan fingerprint density at radius 2 is 1.96 bits per heavy atom. The van der Waals surface area contributed by atoms with E-state index in [4.69, 9.17) is 10.5 Å². The highest BCUT2D eigenvalue weighted by Crippen LogP contribution is 2.30. The molecule has 5 nitrogen and oxygen atoms in total. The summed E-state index contributed by atoms with van der Waals surface area (Å²) in [6.45, 7) is 2.31. The van der Waals surface area contributed by atoms with Gasteiger partial charge in [0.25, 0.3) is 0 Å². The maximum absolute atomic E-state index is 12.4. The number of nitrogen functional groups attached to an aromatic ring is 1. The molecule has 0 aromatic heterocycles. The number of hydrogen-bond donors (Lipinski definition) is 2. The summed E-state index contributed by atoms with van der Waals surface area (Å²) in [5.74, 6) is 0.776. The Hall–Kier alpha value is -2.05. The zero-order chi connectivity index (χ0) is 16.4. The molecule has 1 atom stereocenters. The number of nitrogens with two attached hydrogens (primary N) is 1. The number of benzene rings is 2. The Balaban J connectivity index is 1.65. The minimum absolute atomic E-state index is 0.0985. The quantitative estimate of drug-likeness (QED) is 0.822. The van der Waals surface area contributed by atoms with Crippen LogP contribution in [0.1, 0.15) is 18.1 Å². The minimum atomic E-state index is -3.51. The van der Waals surface area contributed by atoms with Gasteiger partial charge in [0.2, 0.25) is 10.0 Å². The largest absolute Gasteiger partial charge is 0.490 e. The molecule has 1 aliphatic rings. The normalized spacial score (nSPS) is 16.8. The molecule has 3 rings (SSSR count). The fourth-order valence-electron chi connectivity index (χ4n) is 2.66. The Morgan fingerprint density at radius 1 is 1.22 bits per heavy atom. The molecule has 0 saturated heterocycles. The number of anilines is 1. The first-order valence-corrected chi connectivity index (χ1v) is 9.06. The van der Waals surface area contributed by atoms with Crippen LogP contribution in [0.15, 0.2) is 47.4 Å². The molecule has 1 unspecified atom stereocenters. The van der Waals surface area contributed by atoms with Crippen LogP contribution in [0.3, 0.4) is 0 Å². The predicted molar refractivity (Wildman–Crippen MR) is 90.0 cm³/mol. The molecule has 2 aromatic carbocycles. The molecule has 122 valence electrons. The van der Waals surface area contributed by atoms with Gasteiger partial charge in [-0.2, -0.15) is 0 Å².